The Morgan fingerprint density at radius 1 is 1.26 bits per heavy atom. The molecule has 2 N–H and O–H groups in total. The number of nitrogens with two attached hydrogens (primary N) is 1. The molecule has 6 heteroatoms. The SMILES string of the molecule is NCC(COc1cnc2ccccc2c1)C(F)(F)F. The molecule has 3 nitrogen and oxygen atoms in total. The highest BCUT2D eigenvalue weighted by molar-refractivity contribution is 5.79. The van der Waals surface area contributed by atoms with Gasteiger partial charge in [-0.3, -0.25) is 4.98 Å². The molecule has 102 valence electrons. The molecule has 1 unspecified atom stereocenters. The van der Waals surface area contributed by atoms with E-state index in [-0.39, 0.29) is 0 Å². The standard InChI is InChI=1S/C13H13F3N2O/c14-13(15,16)10(6-17)8-19-11-5-9-3-1-2-4-12(9)18-7-11/h1-5,7,10H,6,8,17H2. The summed E-state index contributed by atoms with van der Waals surface area (Å²) in [6.07, 6.45) is -2.94. The van der Waals surface area contributed by atoms with Crippen LogP contribution in [0.15, 0.2) is 36.5 Å². The second-order valence-electron chi connectivity index (χ2n) is 4.15. The monoisotopic (exact) mass is 270 g/mol. The minimum Gasteiger partial charge on any atom is -0.491 e. The van der Waals surface area contributed by atoms with Crippen molar-refractivity contribution in [2.75, 3.05) is 13.2 Å². The van der Waals surface area contributed by atoms with Crippen LogP contribution in [-0.2, 0) is 0 Å². The van der Waals surface area contributed by atoms with E-state index in [1.165, 1.54) is 6.20 Å². The van der Waals surface area contributed by atoms with E-state index in [0.717, 1.165) is 10.9 Å². The predicted molar refractivity (Wildman–Crippen MR) is 65.8 cm³/mol. The fraction of sp³-hybridized carbons (Fsp3) is 0.308. The normalized spacial score (nSPS) is 13.5. The maximum absolute atomic E-state index is 12.5. The molecule has 0 fully saturated rings. The lowest BCUT2D eigenvalue weighted by molar-refractivity contribution is -0.178. The predicted octanol–water partition coefficient (Wildman–Crippen LogP) is 2.75. The Labute approximate surface area is 108 Å². The molecule has 0 aliphatic rings. The molecule has 2 rings (SSSR count). The second-order valence-corrected chi connectivity index (χ2v) is 4.15. The van der Waals surface area contributed by atoms with Gasteiger partial charge in [-0.05, 0) is 12.1 Å². The summed E-state index contributed by atoms with van der Waals surface area (Å²) in [7, 11) is 0. The fourth-order valence-electron chi connectivity index (χ4n) is 1.62. The molecule has 1 atom stereocenters. The topological polar surface area (TPSA) is 48.1 Å². The second kappa shape index (κ2) is 5.44. The number of rotatable bonds is 4. The van der Waals surface area contributed by atoms with Crippen LogP contribution in [0.25, 0.3) is 10.9 Å². The van der Waals surface area contributed by atoms with Crippen molar-refractivity contribution in [3.8, 4) is 5.75 Å². The van der Waals surface area contributed by atoms with Gasteiger partial charge in [0.05, 0.1) is 11.7 Å². The first-order valence-corrected chi connectivity index (χ1v) is 5.75. The summed E-state index contributed by atoms with van der Waals surface area (Å²) in [6, 6.07) is 8.96. The van der Waals surface area contributed by atoms with Crippen LogP contribution < -0.4 is 10.5 Å². The number of ether oxygens (including phenoxy) is 1. The van der Waals surface area contributed by atoms with Gasteiger partial charge in [-0.15, -0.1) is 0 Å². The number of alkyl halides is 3. The van der Waals surface area contributed by atoms with Gasteiger partial charge in [0.1, 0.15) is 18.3 Å². The minimum absolute atomic E-state index is 0.307. The minimum atomic E-state index is -4.35. The van der Waals surface area contributed by atoms with E-state index >= 15 is 0 Å². The van der Waals surface area contributed by atoms with Crippen molar-refractivity contribution in [1.29, 1.82) is 0 Å². The number of pyridine rings is 1. The Morgan fingerprint density at radius 3 is 2.68 bits per heavy atom. The summed E-state index contributed by atoms with van der Waals surface area (Å²) in [4.78, 5) is 4.11. The number of halogens is 3. The molecule has 2 aromatic rings. The number of benzene rings is 1. The van der Waals surface area contributed by atoms with E-state index < -0.39 is 25.2 Å². The van der Waals surface area contributed by atoms with Gasteiger partial charge in [0, 0.05) is 11.9 Å². The summed E-state index contributed by atoms with van der Waals surface area (Å²) < 4.78 is 42.6. The lowest BCUT2D eigenvalue weighted by atomic mass is 10.1. The average Bonchev–Trinajstić information content (AvgIpc) is 2.37. The zero-order valence-corrected chi connectivity index (χ0v) is 10.0. The zero-order chi connectivity index (χ0) is 13.9. The third kappa shape index (κ3) is 3.35. The smallest absolute Gasteiger partial charge is 0.396 e. The number of hydrogen-bond acceptors (Lipinski definition) is 3. The zero-order valence-electron chi connectivity index (χ0n) is 10.0. The van der Waals surface area contributed by atoms with Crippen molar-refractivity contribution in [2.24, 2.45) is 11.7 Å². The highest BCUT2D eigenvalue weighted by Crippen LogP contribution is 2.26. The molecule has 0 radical (unpaired) electrons. The Bertz CT molecular complexity index is 557. The van der Waals surface area contributed by atoms with E-state index in [2.05, 4.69) is 4.98 Å². The van der Waals surface area contributed by atoms with E-state index in [9.17, 15) is 13.2 Å². The van der Waals surface area contributed by atoms with Crippen LogP contribution >= 0.6 is 0 Å². The van der Waals surface area contributed by atoms with Crippen LogP contribution in [0.5, 0.6) is 5.75 Å². The molecule has 0 saturated heterocycles. The van der Waals surface area contributed by atoms with Crippen molar-refractivity contribution in [2.45, 2.75) is 6.18 Å². The highest BCUT2D eigenvalue weighted by Gasteiger charge is 2.39. The van der Waals surface area contributed by atoms with Crippen molar-refractivity contribution in [3.05, 3.63) is 36.5 Å². The van der Waals surface area contributed by atoms with Crippen molar-refractivity contribution >= 4 is 10.9 Å². The van der Waals surface area contributed by atoms with Gasteiger partial charge in [-0.2, -0.15) is 13.2 Å². The molecule has 0 spiro atoms. The number of fused-ring (bicyclic) bond motifs is 1. The van der Waals surface area contributed by atoms with Crippen LogP contribution in [0.4, 0.5) is 13.2 Å². The number of para-hydroxylation sites is 1. The van der Waals surface area contributed by atoms with Gasteiger partial charge < -0.3 is 10.5 Å². The van der Waals surface area contributed by atoms with Gasteiger partial charge in [0.2, 0.25) is 0 Å². The quantitative estimate of drug-likeness (QED) is 0.929. The molecule has 0 aliphatic carbocycles. The Morgan fingerprint density at radius 2 is 2.00 bits per heavy atom. The maximum Gasteiger partial charge on any atom is 0.396 e. The lowest BCUT2D eigenvalue weighted by Crippen LogP contribution is -2.35. The number of hydrogen-bond donors (Lipinski definition) is 1. The maximum atomic E-state index is 12.5. The third-order valence-corrected chi connectivity index (χ3v) is 2.76. The lowest BCUT2D eigenvalue weighted by Gasteiger charge is -2.18. The summed E-state index contributed by atoms with van der Waals surface area (Å²) in [6.45, 7) is -0.996. The Hall–Kier alpha value is -1.82. The van der Waals surface area contributed by atoms with Gasteiger partial charge in [0.25, 0.3) is 0 Å². The van der Waals surface area contributed by atoms with E-state index in [4.69, 9.17) is 10.5 Å². The van der Waals surface area contributed by atoms with Crippen LogP contribution in [0.2, 0.25) is 0 Å². The van der Waals surface area contributed by atoms with Gasteiger partial charge in [-0.25, -0.2) is 0 Å². The summed E-state index contributed by atoms with van der Waals surface area (Å²) in [5.74, 6) is -1.36. The highest BCUT2D eigenvalue weighted by atomic mass is 19.4. The molecule has 0 amide bonds. The first-order chi connectivity index (χ1) is 9.00. The molecule has 0 aliphatic heterocycles. The van der Waals surface area contributed by atoms with Gasteiger partial charge in [0.15, 0.2) is 0 Å². The van der Waals surface area contributed by atoms with Crippen molar-refractivity contribution < 1.29 is 17.9 Å². The molecule has 1 aromatic heterocycles. The van der Waals surface area contributed by atoms with Crippen LogP contribution in [0.3, 0.4) is 0 Å². The molecular formula is C13H13F3N2O. The van der Waals surface area contributed by atoms with E-state index in [0.29, 0.717) is 5.75 Å². The van der Waals surface area contributed by atoms with Crippen molar-refractivity contribution in [1.82, 2.24) is 4.98 Å². The first-order valence-electron chi connectivity index (χ1n) is 5.75. The molecule has 0 bridgehead atoms. The molecule has 19 heavy (non-hydrogen) atoms. The summed E-state index contributed by atoms with van der Waals surface area (Å²) in [5, 5.41) is 0.816. The number of aromatic nitrogens is 1. The largest absolute Gasteiger partial charge is 0.491 e. The van der Waals surface area contributed by atoms with Crippen LogP contribution in [0, 0.1) is 5.92 Å². The molecule has 1 heterocycles. The van der Waals surface area contributed by atoms with Crippen molar-refractivity contribution in [3.63, 3.8) is 0 Å². The van der Waals surface area contributed by atoms with Crippen LogP contribution in [-0.4, -0.2) is 24.3 Å². The third-order valence-electron chi connectivity index (χ3n) is 2.76. The molecule has 1 aromatic carbocycles. The van der Waals surface area contributed by atoms with Crippen LogP contribution in [0.1, 0.15) is 0 Å². The molecular weight excluding hydrogens is 257 g/mol. The van der Waals surface area contributed by atoms with E-state index in [1.807, 2.05) is 24.3 Å². The fourth-order valence-corrected chi connectivity index (χ4v) is 1.62. The first kappa shape index (κ1) is 13.6. The number of nitrogens with zero attached hydrogens (tertiary/aromatic N) is 1. The summed E-state index contributed by atoms with van der Waals surface area (Å²) >= 11 is 0. The Kier molecular flexibility index (Phi) is 3.90. The molecule has 0 saturated carbocycles. The average molecular weight is 270 g/mol. The summed E-state index contributed by atoms with van der Waals surface area (Å²) in [5.41, 5.74) is 5.86. The van der Waals surface area contributed by atoms with Gasteiger partial charge >= 0.3 is 6.18 Å². The van der Waals surface area contributed by atoms with E-state index in [1.54, 1.807) is 6.07 Å². The van der Waals surface area contributed by atoms with Gasteiger partial charge in [-0.1, -0.05) is 18.2 Å². The Balaban J connectivity index is 2.09.